The highest BCUT2D eigenvalue weighted by Crippen LogP contribution is 2.33. The zero-order valence-corrected chi connectivity index (χ0v) is 22.8. The number of aliphatic hydroxyl groups excluding tert-OH is 1. The smallest absolute Gasteiger partial charge is 0.414 e. The second-order valence-electron chi connectivity index (χ2n) is 8.81. The average Bonchev–Trinajstić information content (AvgIpc) is 2.98. The van der Waals surface area contributed by atoms with Gasteiger partial charge in [-0.1, -0.05) is 54.6 Å². The van der Waals surface area contributed by atoms with Gasteiger partial charge in [-0.2, -0.15) is 0 Å². The summed E-state index contributed by atoms with van der Waals surface area (Å²) in [6, 6.07) is 22.2. The summed E-state index contributed by atoms with van der Waals surface area (Å²) in [6.45, 7) is 1.95. The summed E-state index contributed by atoms with van der Waals surface area (Å²) in [5, 5.41) is 14.3. The van der Waals surface area contributed by atoms with Crippen LogP contribution >= 0.6 is 0 Å². The molecule has 0 saturated carbocycles. The van der Waals surface area contributed by atoms with Crippen LogP contribution in [0.2, 0.25) is 0 Å². The molecule has 3 aromatic rings. The number of nitrogens with two attached hydrogens (primary N) is 1. The van der Waals surface area contributed by atoms with Crippen molar-refractivity contribution in [2.75, 3.05) is 30.9 Å². The monoisotopic (exact) mass is 561 g/mol. The molecule has 10 heteroatoms. The first-order valence-corrected chi connectivity index (χ1v) is 13.3. The van der Waals surface area contributed by atoms with Gasteiger partial charge >= 0.3 is 6.09 Å². The van der Waals surface area contributed by atoms with Crippen molar-refractivity contribution in [3.63, 3.8) is 0 Å². The van der Waals surface area contributed by atoms with E-state index in [1.165, 1.54) is 6.08 Å². The molecule has 0 aliphatic heterocycles. The van der Waals surface area contributed by atoms with Gasteiger partial charge in [0, 0.05) is 17.7 Å². The topological polar surface area (TPSA) is 149 Å². The molecule has 41 heavy (non-hydrogen) atoms. The molecule has 0 bridgehead atoms. The number of hydrogen-bond acceptors (Lipinski definition) is 8. The van der Waals surface area contributed by atoms with Crippen LogP contribution in [-0.2, 0) is 14.3 Å². The molecule has 0 aliphatic carbocycles. The molecule has 0 aromatic heterocycles. The summed E-state index contributed by atoms with van der Waals surface area (Å²) in [6.07, 6.45) is 1.27. The van der Waals surface area contributed by atoms with Crippen LogP contribution in [0.25, 0.3) is 0 Å². The van der Waals surface area contributed by atoms with Gasteiger partial charge in [0.25, 0.3) is 5.91 Å². The average molecular weight is 562 g/mol. The van der Waals surface area contributed by atoms with Crippen LogP contribution < -0.4 is 21.1 Å². The highest BCUT2D eigenvalue weighted by Gasteiger charge is 2.30. The Balaban J connectivity index is 1.76. The number of carbonyl (C=O) groups is 3. The Morgan fingerprint density at radius 2 is 1.68 bits per heavy atom. The van der Waals surface area contributed by atoms with E-state index in [4.69, 9.17) is 19.9 Å². The third-order valence-electron chi connectivity index (χ3n) is 5.88. The summed E-state index contributed by atoms with van der Waals surface area (Å²) >= 11 is 0. The maximum atomic E-state index is 12.9. The van der Waals surface area contributed by atoms with Crippen LogP contribution in [0.3, 0.4) is 0 Å². The Hall–Kier alpha value is -4.67. The molecular formula is C31H35N3O7. The lowest BCUT2D eigenvalue weighted by atomic mass is 9.99. The summed E-state index contributed by atoms with van der Waals surface area (Å²) in [7, 11) is 0. The molecule has 0 saturated heterocycles. The Morgan fingerprint density at radius 1 is 0.976 bits per heavy atom. The van der Waals surface area contributed by atoms with Crippen molar-refractivity contribution in [2.45, 2.75) is 32.0 Å². The van der Waals surface area contributed by atoms with E-state index >= 15 is 0 Å². The normalized spacial score (nSPS) is 12.3. The number of benzene rings is 3. The number of rotatable bonds is 14. The first-order valence-electron chi connectivity index (χ1n) is 13.3. The van der Waals surface area contributed by atoms with Crippen molar-refractivity contribution in [1.29, 1.82) is 0 Å². The number of anilines is 2. The molecule has 3 aromatic carbocycles. The number of para-hydroxylation sites is 3. The highest BCUT2D eigenvalue weighted by molar-refractivity contribution is 6.03. The summed E-state index contributed by atoms with van der Waals surface area (Å²) in [5.74, 6) is -0.556. The van der Waals surface area contributed by atoms with Crippen molar-refractivity contribution in [3.05, 3.63) is 102 Å². The molecule has 3 rings (SSSR count). The highest BCUT2D eigenvalue weighted by atomic mass is 16.6. The van der Waals surface area contributed by atoms with Crippen LogP contribution in [-0.4, -0.2) is 48.9 Å². The number of ether oxygens (including phenoxy) is 3. The number of hydrogen-bond donors (Lipinski definition) is 4. The van der Waals surface area contributed by atoms with Gasteiger partial charge in [0.2, 0.25) is 5.91 Å². The molecule has 0 radical (unpaired) electrons. The fourth-order valence-corrected chi connectivity index (χ4v) is 4.01. The fraction of sp³-hybridized carbons (Fsp3) is 0.258. The van der Waals surface area contributed by atoms with E-state index < -0.39 is 24.2 Å². The van der Waals surface area contributed by atoms with Crippen molar-refractivity contribution in [3.8, 4) is 5.75 Å². The van der Waals surface area contributed by atoms with Crippen molar-refractivity contribution >= 4 is 29.3 Å². The van der Waals surface area contributed by atoms with Crippen molar-refractivity contribution in [2.24, 2.45) is 0 Å². The van der Waals surface area contributed by atoms with E-state index in [2.05, 4.69) is 10.6 Å². The minimum atomic E-state index is -0.972. The standard InChI is InChI=1S/C31H35N3O7/c1-2-39-27(18-10-11-19-28(36)33-25-16-8-7-15-24(25)32)29(23-14-6-9-17-26(23)40-21-20-35)41-31(38)34-30(37)22-12-4-3-5-13-22/h3-9,11-17,19,27,29,35H,2,10,18,20-21,32H2,1H3,(H,33,36)(H,34,37,38)/b19-11+/t27-,29-/m0/s1. The van der Waals surface area contributed by atoms with Gasteiger partial charge in [-0.05, 0) is 56.2 Å². The number of amides is 3. The predicted octanol–water partition coefficient (Wildman–Crippen LogP) is 4.63. The van der Waals surface area contributed by atoms with Gasteiger partial charge < -0.3 is 30.4 Å². The Morgan fingerprint density at radius 3 is 2.41 bits per heavy atom. The quantitative estimate of drug-likeness (QED) is 0.164. The molecule has 0 unspecified atom stereocenters. The Kier molecular flexibility index (Phi) is 12.4. The third kappa shape index (κ3) is 9.79. The molecule has 5 N–H and O–H groups in total. The molecule has 0 heterocycles. The van der Waals surface area contributed by atoms with Gasteiger partial charge in [0.15, 0.2) is 6.10 Å². The van der Waals surface area contributed by atoms with E-state index in [0.717, 1.165) is 0 Å². The van der Waals surface area contributed by atoms with Gasteiger partial charge in [-0.25, -0.2) is 4.79 Å². The molecule has 0 fully saturated rings. The zero-order chi connectivity index (χ0) is 29.5. The van der Waals surface area contributed by atoms with Crippen molar-refractivity contribution < 1.29 is 33.7 Å². The second kappa shape index (κ2) is 16.4. The third-order valence-corrected chi connectivity index (χ3v) is 5.88. The number of nitrogens with one attached hydrogen (secondary N) is 2. The molecule has 216 valence electrons. The van der Waals surface area contributed by atoms with Gasteiger partial charge in [-0.15, -0.1) is 0 Å². The largest absolute Gasteiger partial charge is 0.491 e. The second-order valence-corrected chi connectivity index (χ2v) is 8.81. The molecule has 3 amide bonds. The maximum absolute atomic E-state index is 12.9. The lowest BCUT2D eigenvalue weighted by Crippen LogP contribution is -2.35. The van der Waals surface area contributed by atoms with E-state index in [1.807, 2.05) is 6.92 Å². The van der Waals surface area contributed by atoms with E-state index in [-0.39, 0.29) is 19.1 Å². The first kappa shape index (κ1) is 30.9. The number of nitrogen functional groups attached to an aromatic ring is 1. The summed E-state index contributed by atoms with van der Waals surface area (Å²) in [5.41, 5.74) is 7.65. The molecule has 0 aliphatic rings. The van der Waals surface area contributed by atoms with Gasteiger partial charge in [-0.3, -0.25) is 14.9 Å². The maximum Gasteiger partial charge on any atom is 0.414 e. The van der Waals surface area contributed by atoms with Crippen LogP contribution in [0.4, 0.5) is 16.2 Å². The van der Waals surface area contributed by atoms with E-state index in [0.29, 0.717) is 47.7 Å². The van der Waals surface area contributed by atoms with Gasteiger partial charge in [0.1, 0.15) is 12.4 Å². The summed E-state index contributed by atoms with van der Waals surface area (Å²) in [4.78, 5) is 37.8. The Bertz CT molecular complexity index is 1310. The number of imide groups is 1. The van der Waals surface area contributed by atoms with E-state index in [1.54, 1.807) is 84.9 Å². The van der Waals surface area contributed by atoms with Crippen molar-refractivity contribution in [1.82, 2.24) is 5.32 Å². The van der Waals surface area contributed by atoms with Crippen LogP contribution in [0.1, 0.15) is 41.8 Å². The summed E-state index contributed by atoms with van der Waals surface area (Å²) < 4.78 is 17.4. The minimum Gasteiger partial charge on any atom is -0.491 e. The number of carbonyl (C=O) groups excluding carboxylic acids is 3. The number of alkyl carbamates (subject to hydrolysis) is 1. The molecular weight excluding hydrogens is 526 g/mol. The van der Waals surface area contributed by atoms with Gasteiger partial charge in [0.05, 0.1) is 24.1 Å². The Labute approximate surface area is 239 Å². The molecule has 2 atom stereocenters. The minimum absolute atomic E-state index is 0.0332. The lowest BCUT2D eigenvalue weighted by Gasteiger charge is -2.28. The van der Waals surface area contributed by atoms with E-state index in [9.17, 15) is 19.5 Å². The van der Waals surface area contributed by atoms with Crippen LogP contribution in [0.15, 0.2) is 91.0 Å². The predicted molar refractivity (Wildman–Crippen MR) is 155 cm³/mol. The zero-order valence-electron chi connectivity index (χ0n) is 22.8. The fourth-order valence-electron chi connectivity index (χ4n) is 4.01. The molecule has 0 spiro atoms. The number of aliphatic hydroxyl groups is 1. The lowest BCUT2D eigenvalue weighted by molar-refractivity contribution is -0.111. The van der Waals surface area contributed by atoms with Crippen LogP contribution in [0.5, 0.6) is 5.75 Å². The SMILES string of the molecule is CCO[C@@H](CC/C=C/C(=O)Nc1ccccc1N)[C@@H](OC(=O)NC(=O)c1ccccc1)c1ccccc1OCCO. The number of allylic oxidation sites excluding steroid dienone is 1. The van der Waals surface area contributed by atoms with Crippen LogP contribution in [0, 0.1) is 0 Å². The first-order chi connectivity index (χ1) is 19.9. The molecule has 10 nitrogen and oxygen atoms in total.